The van der Waals surface area contributed by atoms with Crippen LogP contribution in [0, 0.1) is 12.8 Å². The molecule has 0 bridgehead atoms. The molecule has 0 atom stereocenters. The molecule has 0 fully saturated rings. The number of hydrogen-bond donors (Lipinski definition) is 1. The van der Waals surface area contributed by atoms with Crippen LogP contribution in [0.15, 0.2) is 6.20 Å². The number of rotatable bonds is 3. The third-order valence-corrected chi connectivity index (χ3v) is 1.75. The zero-order chi connectivity index (χ0) is 8.27. The van der Waals surface area contributed by atoms with E-state index in [1.54, 1.807) is 0 Å². The molecule has 1 aromatic rings. The van der Waals surface area contributed by atoms with Crippen molar-refractivity contribution in [2.75, 3.05) is 0 Å². The first-order valence-corrected chi connectivity index (χ1v) is 4.19. The van der Waals surface area contributed by atoms with E-state index in [1.807, 2.05) is 13.1 Å². The average molecular weight is 152 g/mol. The van der Waals surface area contributed by atoms with Crippen LogP contribution in [0.1, 0.15) is 31.8 Å². The van der Waals surface area contributed by atoms with Crippen molar-refractivity contribution in [3.8, 4) is 0 Å². The molecule has 2 nitrogen and oxygen atoms in total. The zero-order valence-electron chi connectivity index (χ0n) is 7.52. The minimum absolute atomic E-state index is 0.776. The molecule has 1 heterocycles. The minimum Gasteiger partial charge on any atom is -0.346 e. The summed E-state index contributed by atoms with van der Waals surface area (Å²) in [5, 5.41) is 0. The maximum absolute atomic E-state index is 4.14. The Kier molecular flexibility index (Phi) is 2.69. The largest absolute Gasteiger partial charge is 0.346 e. The van der Waals surface area contributed by atoms with E-state index in [0.717, 1.165) is 18.2 Å². The Bertz CT molecular complexity index is 213. The van der Waals surface area contributed by atoms with Crippen molar-refractivity contribution in [2.24, 2.45) is 5.92 Å². The lowest BCUT2D eigenvalue weighted by molar-refractivity contribution is 0.582. The average Bonchev–Trinajstić information content (AvgIpc) is 2.31. The Morgan fingerprint density at radius 2 is 2.27 bits per heavy atom. The molecule has 0 aromatic carbocycles. The molecule has 0 saturated heterocycles. The van der Waals surface area contributed by atoms with E-state index in [2.05, 4.69) is 23.8 Å². The molecular formula is C9H16N2. The van der Waals surface area contributed by atoms with Crippen molar-refractivity contribution < 1.29 is 0 Å². The van der Waals surface area contributed by atoms with E-state index < -0.39 is 0 Å². The van der Waals surface area contributed by atoms with Crippen LogP contribution < -0.4 is 0 Å². The second-order valence-electron chi connectivity index (χ2n) is 3.43. The van der Waals surface area contributed by atoms with E-state index in [-0.39, 0.29) is 0 Å². The molecule has 0 aliphatic heterocycles. The van der Waals surface area contributed by atoms with E-state index in [0.29, 0.717) is 0 Å². The Morgan fingerprint density at radius 1 is 1.55 bits per heavy atom. The highest BCUT2D eigenvalue weighted by molar-refractivity contribution is 4.99. The van der Waals surface area contributed by atoms with Crippen molar-refractivity contribution in [1.29, 1.82) is 0 Å². The first-order valence-electron chi connectivity index (χ1n) is 4.19. The number of aromatic nitrogens is 2. The number of aromatic amines is 1. The SMILES string of the molecule is Cc1ncc(CCC(C)C)[nH]1. The van der Waals surface area contributed by atoms with Gasteiger partial charge in [-0.05, 0) is 25.7 Å². The molecule has 0 unspecified atom stereocenters. The van der Waals surface area contributed by atoms with Gasteiger partial charge in [0.05, 0.1) is 0 Å². The van der Waals surface area contributed by atoms with Crippen LogP contribution in [0.5, 0.6) is 0 Å². The van der Waals surface area contributed by atoms with Gasteiger partial charge < -0.3 is 4.98 Å². The summed E-state index contributed by atoms with van der Waals surface area (Å²) in [5.74, 6) is 1.79. The molecular weight excluding hydrogens is 136 g/mol. The molecule has 0 aliphatic rings. The fourth-order valence-electron chi connectivity index (χ4n) is 1.04. The maximum atomic E-state index is 4.14. The number of aryl methyl sites for hydroxylation is 2. The van der Waals surface area contributed by atoms with Gasteiger partial charge in [-0.15, -0.1) is 0 Å². The number of H-pyrrole nitrogens is 1. The Balaban J connectivity index is 2.39. The Hall–Kier alpha value is -0.790. The zero-order valence-corrected chi connectivity index (χ0v) is 7.52. The lowest BCUT2D eigenvalue weighted by Crippen LogP contribution is -1.91. The minimum atomic E-state index is 0.776. The molecule has 62 valence electrons. The number of nitrogens with one attached hydrogen (secondary N) is 1. The molecule has 0 radical (unpaired) electrons. The van der Waals surface area contributed by atoms with Gasteiger partial charge >= 0.3 is 0 Å². The topological polar surface area (TPSA) is 28.7 Å². The number of nitrogens with zero attached hydrogens (tertiary/aromatic N) is 1. The molecule has 1 aromatic heterocycles. The van der Waals surface area contributed by atoms with Gasteiger partial charge in [-0.1, -0.05) is 13.8 Å². The van der Waals surface area contributed by atoms with Crippen LogP contribution >= 0.6 is 0 Å². The fourth-order valence-corrected chi connectivity index (χ4v) is 1.04. The van der Waals surface area contributed by atoms with Crippen LogP contribution in [0.4, 0.5) is 0 Å². The molecule has 0 spiro atoms. The third kappa shape index (κ3) is 2.74. The summed E-state index contributed by atoms with van der Waals surface area (Å²) in [5.41, 5.74) is 1.26. The fraction of sp³-hybridized carbons (Fsp3) is 0.667. The predicted molar refractivity (Wildman–Crippen MR) is 46.5 cm³/mol. The van der Waals surface area contributed by atoms with E-state index in [4.69, 9.17) is 0 Å². The summed E-state index contributed by atoms with van der Waals surface area (Å²) >= 11 is 0. The standard InChI is InChI=1S/C9H16N2/c1-7(2)4-5-9-6-10-8(3)11-9/h6-7H,4-5H2,1-3H3,(H,10,11). The second kappa shape index (κ2) is 3.56. The van der Waals surface area contributed by atoms with Gasteiger partial charge in [-0.2, -0.15) is 0 Å². The molecule has 1 rings (SSSR count). The quantitative estimate of drug-likeness (QED) is 0.707. The summed E-state index contributed by atoms with van der Waals surface area (Å²) in [6, 6.07) is 0. The van der Waals surface area contributed by atoms with Gasteiger partial charge in [0.2, 0.25) is 0 Å². The molecule has 11 heavy (non-hydrogen) atoms. The normalized spacial score (nSPS) is 10.9. The highest BCUT2D eigenvalue weighted by atomic mass is 14.9. The van der Waals surface area contributed by atoms with Crippen LogP contribution in [0.2, 0.25) is 0 Å². The van der Waals surface area contributed by atoms with Gasteiger partial charge in [0.1, 0.15) is 5.82 Å². The van der Waals surface area contributed by atoms with Crippen LogP contribution in [-0.4, -0.2) is 9.97 Å². The van der Waals surface area contributed by atoms with E-state index in [9.17, 15) is 0 Å². The summed E-state index contributed by atoms with van der Waals surface area (Å²) < 4.78 is 0. The van der Waals surface area contributed by atoms with Crippen molar-refractivity contribution in [3.05, 3.63) is 17.7 Å². The lowest BCUT2D eigenvalue weighted by Gasteiger charge is -2.00. The predicted octanol–water partition coefficient (Wildman–Crippen LogP) is 2.31. The third-order valence-electron chi connectivity index (χ3n) is 1.75. The van der Waals surface area contributed by atoms with Crippen molar-refractivity contribution >= 4 is 0 Å². The number of hydrogen-bond acceptors (Lipinski definition) is 1. The van der Waals surface area contributed by atoms with E-state index >= 15 is 0 Å². The molecule has 0 aliphatic carbocycles. The molecule has 0 saturated carbocycles. The smallest absolute Gasteiger partial charge is 0.103 e. The highest BCUT2D eigenvalue weighted by Gasteiger charge is 1.98. The Labute approximate surface area is 68.0 Å². The summed E-state index contributed by atoms with van der Waals surface area (Å²) in [6.45, 7) is 6.46. The molecule has 2 heteroatoms. The van der Waals surface area contributed by atoms with Gasteiger partial charge in [0, 0.05) is 11.9 Å². The van der Waals surface area contributed by atoms with Crippen molar-refractivity contribution in [1.82, 2.24) is 9.97 Å². The molecule has 0 amide bonds. The van der Waals surface area contributed by atoms with E-state index in [1.165, 1.54) is 12.1 Å². The maximum Gasteiger partial charge on any atom is 0.103 e. The monoisotopic (exact) mass is 152 g/mol. The lowest BCUT2D eigenvalue weighted by atomic mass is 10.1. The van der Waals surface area contributed by atoms with Gasteiger partial charge in [0.15, 0.2) is 0 Å². The van der Waals surface area contributed by atoms with Crippen molar-refractivity contribution in [2.45, 2.75) is 33.6 Å². The van der Waals surface area contributed by atoms with Crippen molar-refractivity contribution in [3.63, 3.8) is 0 Å². The number of imidazole rings is 1. The van der Waals surface area contributed by atoms with Crippen LogP contribution in [-0.2, 0) is 6.42 Å². The first kappa shape index (κ1) is 8.31. The summed E-state index contributed by atoms with van der Waals surface area (Å²) in [6.07, 6.45) is 4.29. The summed E-state index contributed by atoms with van der Waals surface area (Å²) in [4.78, 5) is 7.36. The van der Waals surface area contributed by atoms with Gasteiger partial charge in [-0.3, -0.25) is 0 Å². The van der Waals surface area contributed by atoms with Crippen LogP contribution in [0.3, 0.4) is 0 Å². The summed E-state index contributed by atoms with van der Waals surface area (Å²) in [7, 11) is 0. The van der Waals surface area contributed by atoms with Gasteiger partial charge in [0.25, 0.3) is 0 Å². The van der Waals surface area contributed by atoms with Gasteiger partial charge in [-0.25, -0.2) is 4.98 Å². The first-order chi connectivity index (χ1) is 5.18. The second-order valence-corrected chi connectivity index (χ2v) is 3.43. The highest BCUT2D eigenvalue weighted by Crippen LogP contribution is 2.06. The van der Waals surface area contributed by atoms with Crippen LogP contribution in [0.25, 0.3) is 0 Å². The Morgan fingerprint density at radius 3 is 2.73 bits per heavy atom. The molecule has 1 N–H and O–H groups in total.